The summed E-state index contributed by atoms with van der Waals surface area (Å²) in [5.41, 5.74) is 3.68. The molecule has 1 aromatic carbocycles. The van der Waals surface area contributed by atoms with E-state index in [1.165, 1.54) is 11.3 Å². The third-order valence-electron chi connectivity index (χ3n) is 4.50. The minimum absolute atomic E-state index is 0.117. The summed E-state index contributed by atoms with van der Waals surface area (Å²) in [5, 5.41) is 7.46. The molecule has 0 saturated carbocycles. The number of thiophene rings is 1. The van der Waals surface area contributed by atoms with Gasteiger partial charge in [-0.25, -0.2) is 4.98 Å². The van der Waals surface area contributed by atoms with Crippen LogP contribution in [0.5, 0.6) is 11.5 Å². The van der Waals surface area contributed by atoms with Crippen LogP contribution in [0.15, 0.2) is 24.3 Å². The lowest BCUT2D eigenvalue weighted by atomic mass is 10.1. The second-order valence-corrected chi connectivity index (χ2v) is 7.20. The molecule has 6 nitrogen and oxygen atoms in total. The number of rotatable bonds is 3. The number of methoxy groups -OCH3 is 2. The number of fused-ring (bicyclic) bond motifs is 3. The molecule has 1 aliphatic heterocycles. The molecule has 4 rings (SSSR count). The number of anilines is 1. The van der Waals surface area contributed by atoms with E-state index in [1.54, 1.807) is 14.2 Å². The Morgan fingerprint density at radius 2 is 1.96 bits per heavy atom. The average Bonchev–Trinajstić information content (AvgIpc) is 2.99. The summed E-state index contributed by atoms with van der Waals surface area (Å²) in [6, 6.07) is 7.65. The second kappa shape index (κ2) is 6.17. The van der Waals surface area contributed by atoms with Crippen LogP contribution in [-0.2, 0) is 0 Å². The maximum absolute atomic E-state index is 12.7. The van der Waals surface area contributed by atoms with Crippen molar-refractivity contribution < 1.29 is 14.3 Å². The maximum Gasteiger partial charge on any atom is 0.265 e. The van der Waals surface area contributed by atoms with Crippen molar-refractivity contribution in [3.8, 4) is 11.5 Å². The molecule has 0 radical (unpaired) electrons. The van der Waals surface area contributed by atoms with Crippen LogP contribution in [0.4, 0.5) is 5.69 Å². The summed E-state index contributed by atoms with van der Waals surface area (Å²) in [4.78, 5) is 18.9. The zero-order chi connectivity index (χ0) is 18.4. The van der Waals surface area contributed by atoms with E-state index < -0.39 is 6.17 Å². The Morgan fingerprint density at radius 3 is 2.69 bits per heavy atom. The lowest BCUT2D eigenvalue weighted by molar-refractivity contribution is 0.0939. The Bertz CT molecular complexity index is 1030. The number of carbonyl (C=O) groups excluding carboxylic acids is 1. The van der Waals surface area contributed by atoms with Crippen LogP contribution in [0.3, 0.4) is 0 Å². The van der Waals surface area contributed by atoms with Crippen LogP contribution < -0.4 is 20.1 Å². The fourth-order valence-corrected chi connectivity index (χ4v) is 4.57. The Balaban J connectivity index is 1.85. The number of carbonyl (C=O) groups is 1. The molecule has 1 atom stereocenters. The summed E-state index contributed by atoms with van der Waals surface area (Å²) >= 11 is 1.41. The molecular formula is C19H19N3O3S. The third kappa shape index (κ3) is 2.47. The first-order chi connectivity index (χ1) is 12.5. The zero-order valence-corrected chi connectivity index (χ0v) is 15.8. The van der Waals surface area contributed by atoms with Gasteiger partial charge in [0.25, 0.3) is 5.91 Å². The summed E-state index contributed by atoms with van der Waals surface area (Å²) in [7, 11) is 3.19. The molecule has 134 valence electrons. The van der Waals surface area contributed by atoms with Gasteiger partial charge in [0, 0.05) is 16.6 Å². The van der Waals surface area contributed by atoms with E-state index in [2.05, 4.69) is 15.6 Å². The lowest BCUT2D eigenvalue weighted by Crippen LogP contribution is -2.37. The van der Waals surface area contributed by atoms with E-state index in [-0.39, 0.29) is 5.91 Å². The minimum atomic E-state index is -0.418. The number of hydrogen-bond acceptors (Lipinski definition) is 6. The molecule has 7 heteroatoms. The SMILES string of the molecule is COc1cccc(C2NC(=O)c3sc4nc(C)cc(C)c4c3N2)c1OC. The molecule has 0 spiro atoms. The number of aryl methyl sites for hydroxylation is 2. The van der Waals surface area contributed by atoms with Crippen molar-refractivity contribution in [2.24, 2.45) is 0 Å². The summed E-state index contributed by atoms with van der Waals surface area (Å²) in [6.07, 6.45) is -0.418. The number of pyridine rings is 1. The highest BCUT2D eigenvalue weighted by atomic mass is 32.1. The Hall–Kier alpha value is -2.80. The molecule has 2 N–H and O–H groups in total. The van der Waals surface area contributed by atoms with Crippen LogP contribution in [0.1, 0.15) is 32.7 Å². The highest BCUT2D eigenvalue weighted by molar-refractivity contribution is 7.21. The predicted octanol–water partition coefficient (Wildman–Crippen LogP) is 3.78. The molecule has 1 aliphatic rings. The predicted molar refractivity (Wildman–Crippen MR) is 102 cm³/mol. The van der Waals surface area contributed by atoms with Crippen molar-refractivity contribution >= 4 is 33.1 Å². The number of ether oxygens (including phenoxy) is 2. The molecule has 3 aromatic rings. The van der Waals surface area contributed by atoms with Gasteiger partial charge in [0.15, 0.2) is 11.5 Å². The summed E-state index contributed by atoms with van der Waals surface area (Å²) < 4.78 is 10.9. The van der Waals surface area contributed by atoms with E-state index in [9.17, 15) is 4.79 Å². The smallest absolute Gasteiger partial charge is 0.265 e. The molecule has 0 fully saturated rings. The Labute approximate surface area is 155 Å². The quantitative estimate of drug-likeness (QED) is 0.735. The number of para-hydroxylation sites is 1. The van der Waals surface area contributed by atoms with E-state index in [1.807, 2.05) is 38.1 Å². The van der Waals surface area contributed by atoms with Crippen molar-refractivity contribution in [3.63, 3.8) is 0 Å². The largest absolute Gasteiger partial charge is 0.493 e. The second-order valence-electron chi connectivity index (χ2n) is 6.20. The van der Waals surface area contributed by atoms with Gasteiger partial charge in [-0.05, 0) is 31.5 Å². The maximum atomic E-state index is 12.7. The van der Waals surface area contributed by atoms with Gasteiger partial charge >= 0.3 is 0 Å². The number of nitrogens with one attached hydrogen (secondary N) is 2. The van der Waals surface area contributed by atoms with Gasteiger partial charge < -0.3 is 20.1 Å². The standard InChI is InChI=1S/C19H19N3O3S/c1-9-8-10(2)20-19-13(9)14-16(26-19)18(23)22-17(21-14)11-6-5-7-12(24-3)15(11)25-4/h5-8,17,21H,1-4H3,(H,22,23). The van der Waals surface area contributed by atoms with Gasteiger partial charge in [-0.3, -0.25) is 4.79 Å². The molecule has 0 aliphatic carbocycles. The molecule has 0 saturated heterocycles. The van der Waals surface area contributed by atoms with E-state index >= 15 is 0 Å². The minimum Gasteiger partial charge on any atom is -0.493 e. The van der Waals surface area contributed by atoms with Crippen molar-refractivity contribution in [1.29, 1.82) is 0 Å². The van der Waals surface area contributed by atoms with Gasteiger partial charge in [0.05, 0.1) is 19.9 Å². The number of benzene rings is 1. The highest BCUT2D eigenvalue weighted by Gasteiger charge is 2.31. The molecule has 0 bridgehead atoms. The number of hydrogen-bond donors (Lipinski definition) is 2. The van der Waals surface area contributed by atoms with Crippen molar-refractivity contribution in [1.82, 2.24) is 10.3 Å². The van der Waals surface area contributed by atoms with Crippen LogP contribution in [0, 0.1) is 13.8 Å². The monoisotopic (exact) mass is 369 g/mol. The zero-order valence-electron chi connectivity index (χ0n) is 15.0. The first kappa shape index (κ1) is 16.7. The molecule has 1 amide bonds. The summed E-state index contributed by atoms with van der Waals surface area (Å²) in [5.74, 6) is 1.10. The fraction of sp³-hybridized carbons (Fsp3) is 0.263. The normalized spacial score (nSPS) is 16.0. The van der Waals surface area contributed by atoms with Crippen molar-refractivity contribution in [2.75, 3.05) is 19.5 Å². The van der Waals surface area contributed by atoms with Crippen LogP contribution in [0.2, 0.25) is 0 Å². The van der Waals surface area contributed by atoms with Crippen molar-refractivity contribution in [2.45, 2.75) is 20.0 Å². The van der Waals surface area contributed by atoms with Gasteiger partial charge in [-0.1, -0.05) is 12.1 Å². The van der Waals surface area contributed by atoms with Gasteiger partial charge in [0.1, 0.15) is 15.9 Å². The van der Waals surface area contributed by atoms with Gasteiger partial charge in [-0.2, -0.15) is 0 Å². The first-order valence-corrected chi connectivity index (χ1v) is 9.04. The molecular weight excluding hydrogens is 350 g/mol. The van der Waals surface area contributed by atoms with Gasteiger partial charge in [0.2, 0.25) is 0 Å². The first-order valence-electron chi connectivity index (χ1n) is 8.22. The number of aromatic nitrogens is 1. The number of nitrogens with zero attached hydrogens (tertiary/aromatic N) is 1. The van der Waals surface area contributed by atoms with Gasteiger partial charge in [-0.15, -0.1) is 11.3 Å². The topological polar surface area (TPSA) is 72.5 Å². The van der Waals surface area contributed by atoms with Crippen LogP contribution in [0.25, 0.3) is 10.2 Å². The highest BCUT2D eigenvalue weighted by Crippen LogP contribution is 2.43. The number of amides is 1. The van der Waals surface area contributed by atoms with Crippen molar-refractivity contribution in [3.05, 3.63) is 46.0 Å². The van der Waals surface area contributed by atoms with E-state index in [0.29, 0.717) is 16.4 Å². The average molecular weight is 369 g/mol. The molecule has 1 unspecified atom stereocenters. The van der Waals surface area contributed by atoms with E-state index in [4.69, 9.17) is 9.47 Å². The Morgan fingerprint density at radius 1 is 1.15 bits per heavy atom. The van der Waals surface area contributed by atoms with Crippen LogP contribution in [-0.4, -0.2) is 25.1 Å². The van der Waals surface area contributed by atoms with E-state index in [0.717, 1.165) is 32.7 Å². The molecule has 3 heterocycles. The molecule has 2 aromatic heterocycles. The molecule has 26 heavy (non-hydrogen) atoms. The Kier molecular flexibility index (Phi) is 3.96. The van der Waals surface area contributed by atoms with Crippen LogP contribution >= 0.6 is 11.3 Å². The third-order valence-corrected chi connectivity index (χ3v) is 5.58. The lowest BCUT2D eigenvalue weighted by Gasteiger charge is -2.28. The fourth-order valence-electron chi connectivity index (χ4n) is 3.41. The summed E-state index contributed by atoms with van der Waals surface area (Å²) in [6.45, 7) is 4.00.